The Labute approximate surface area is 104 Å². The van der Waals surface area contributed by atoms with Gasteiger partial charge in [-0.3, -0.25) is 0 Å². The standard InChI is InChI=1S/C14H24N2O/c1-9-4-5-14(17)13(6-9)11(3)10(2)12(7-15)8-16/h4-6,10-12,17H,7-8,15-16H2,1-3H3. The molecule has 2 atom stereocenters. The van der Waals surface area contributed by atoms with Crippen molar-refractivity contribution in [1.29, 1.82) is 0 Å². The molecule has 0 fully saturated rings. The topological polar surface area (TPSA) is 72.3 Å². The fourth-order valence-corrected chi connectivity index (χ4v) is 2.26. The molecule has 0 aliphatic rings. The monoisotopic (exact) mass is 236 g/mol. The van der Waals surface area contributed by atoms with Crippen molar-refractivity contribution in [2.24, 2.45) is 23.3 Å². The molecule has 1 rings (SSSR count). The van der Waals surface area contributed by atoms with E-state index in [9.17, 15) is 5.11 Å². The molecular formula is C14H24N2O. The maximum Gasteiger partial charge on any atom is 0.119 e. The van der Waals surface area contributed by atoms with Gasteiger partial charge in [0, 0.05) is 0 Å². The summed E-state index contributed by atoms with van der Waals surface area (Å²) in [6, 6.07) is 5.72. The molecule has 0 saturated carbocycles. The van der Waals surface area contributed by atoms with Crippen molar-refractivity contribution in [3.05, 3.63) is 29.3 Å². The van der Waals surface area contributed by atoms with Crippen LogP contribution in [-0.4, -0.2) is 18.2 Å². The number of hydrogen-bond donors (Lipinski definition) is 3. The smallest absolute Gasteiger partial charge is 0.119 e. The summed E-state index contributed by atoms with van der Waals surface area (Å²) in [5, 5.41) is 9.92. The highest BCUT2D eigenvalue weighted by molar-refractivity contribution is 5.38. The Bertz CT molecular complexity index is 361. The minimum atomic E-state index is 0.256. The zero-order valence-electron chi connectivity index (χ0n) is 11.0. The zero-order valence-corrected chi connectivity index (χ0v) is 11.0. The summed E-state index contributed by atoms with van der Waals surface area (Å²) >= 11 is 0. The van der Waals surface area contributed by atoms with E-state index in [-0.39, 0.29) is 5.92 Å². The first-order chi connectivity index (χ1) is 8.01. The van der Waals surface area contributed by atoms with E-state index in [0.29, 0.717) is 30.7 Å². The molecule has 0 saturated heterocycles. The van der Waals surface area contributed by atoms with Gasteiger partial charge in [0.1, 0.15) is 5.75 Å². The molecule has 3 nitrogen and oxygen atoms in total. The van der Waals surface area contributed by atoms with Crippen molar-refractivity contribution in [2.45, 2.75) is 26.7 Å². The van der Waals surface area contributed by atoms with Crippen molar-refractivity contribution in [2.75, 3.05) is 13.1 Å². The summed E-state index contributed by atoms with van der Waals surface area (Å²) in [6.07, 6.45) is 0. The number of aryl methyl sites for hydroxylation is 1. The molecule has 0 aliphatic heterocycles. The third kappa shape index (κ3) is 3.20. The van der Waals surface area contributed by atoms with Gasteiger partial charge in [-0.2, -0.15) is 0 Å². The average Bonchev–Trinajstić information content (AvgIpc) is 2.32. The first-order valence-corrected chi connectivity index (χ1v) is 6.20. The van der Waals surface area contributed by atoms with E-state index in [1.807, 2.05) is 19.1 Å². The van der Waals surface area contributed by atoms with Gasteiger partial charge in [0.05, 0.1) is 0 Å². The lowest BCUT2D eigenvalue weighted by molar-refractivity contribution is 0.322. The predicted octanol–water partition coefficient (Wildman–Crippen LogP) is 1.97. The second kappa shape index (κ2) is 6.03. The van der Waals surface area contributed by atoms with Gasteiger partial charge in [0.15, 0.2) is 0 Å². The van der Waals surface area contributed by atoms with Crippen LogP contribution in [0.3, 0.4) is 0 Å². The van der Waals surface area contributed by atoms with Crippen molar-refractivity contribution in [3.8, 4) is 5.75 Å². The molecule has 0 spiro atoms. The van der Waals surface area contributed by atoms with Crippen molar-refractivity contribution < 1.29 is 5.11 Å². The van der Waals surface area contributed by atoms with E-state index in [1.54, 1.807) is 6.07 Å². The Morgan fingerprint density at radius 3 is 2.29 bits per heavy atom. The number of rotatable bonds is 5. The Kier molecular flexibility index (Phi) is 4.97. The van der Waals surface area contributed by atoms with Crippen LogP contribution < -0.4 is 11.5 Å². The Morgan fingerprint density at radius 2 is 1.76 bits per heavy atom. The number of nitrogens with two attached hydrogens (primary N) is 2. The highest BCUT2D eigenvalue weighted by Crippen LogP contribution is 2.34. The zero-order chi connectivity index (χ0) is 13.0. The van der Waals surface area contributed by atoms with Crippen LogP contribution in [0.1, 0.15) is 30.9 Å². The number of phenols is 1. The Balaban J connectivity index is 2.94. The molecule has 0 bridgehead atoms. The summed E-state index contributed by atoms with van der Waals surface area (Å²) in [5.41, 5.74) is 13.6. The molecule has 0 heterocycles. The number of benzene rings is 1. The van der Waals surface area contributed by atoms with Crippen LogP contribution >= 0.6 is 0 Å². The second-order valence-corrected chi connectivity index (χ2v) is 4.94. The Morgan fingerprint density at radius 1 is 1.18 bits per heavy atom. The molecule has 0 radical (unpaired) electrons. The largest absolute Gasteiger partial charge is 0.508 e. The minimum Gasteiger partial charge on any atom is -0.508 e. The van der Waals surface area contributed by atoms with Crippen LogP contribution in [0.4, 0.5) is 0 Å². The van der Waals surface area contributed by atoms with Gasteiger partial charge in [-0.15, -0.1) is 0 Å². The predicted molar refractivity (Wildman–Crippen MR) is 72.0 cm³/mol. The van der Waals surface area contributed by atoms with E-state index in [1.165, 1.54) is 0 Å². The highest BCUT2D eigenvalue weighted by atomic mass is 16.3. The lowest BCUT2D eigenvalue weighted by Gasteiger charge is -2.28. The number of hydrogen-bond acceptors (Lipinski definition) is 3. The van der Waals surface area contributed by atoms with Crippen molar-refractivity contribution >= 4 is 0 Å². The van der Waals surface area contributed by atoms with Gasteiger partial charge in [-0.1, -0.05) is 31.5 Å². The molecule has 1 aromatic rings. The SMILES string of the molecule is Cc1ccc(O)c(C(C)C(C)C(CN)CN)c1. The normalized spacial score (nSPS) is 14.9. The molecular weight excluding hydrogens is 212 g/mol. The van der Waals surface area contributed by atoms with Gasteiger partial charge in [0.25, 0.3) is 0 Å². The van der Waals surface area contributed by atoms with Crippen LogP contribution in [0.5, 0.6) is 5.75 Å². The van der Waals surface area contributed by atoms with Crippen LogP contribution in [-0.2, 0) is 0 Å². The molecule has 5 N–H and O–H groups in total. The van der Waals surface area contributed by atoms with Crippen molar-refractivity contribution in [3.63, 3.8) is 0 Å². The Hall–Kier alpha value is -1.06. The average molecular weight is 236 g/mol. The quantitative estimate of drug-likeness (QED) is 0.732. The fourth-order valence-electron chi connectivity index (χ4n) is 2.26. The summed E-state index contributed by atoms with van der Waals surface area (Å²) in [5.74, 6) is 1.28. The summed E-state index contributed by atoms with van der Waals surface area (Å²) in [4.78, 5) is 0. The van der Waals surface area contributed by atoms with E-state index in [0.717, 1.165) is 11.1 Å². The minimum absolute atomic E-state index is 0.256. The maximum atomic E-state index is 9.92. The van der Waals surface area contributed by atoms with E-state index in [4.69, 9.17) is 11.5 Å². The van der Waals surface area contributed by atoms with E-state index < -0.39 is 0 Å². The molecule has 3 heteroatoms. The van der Waals surface area contributed by atoms with Crippen molar-refractivity contribution in [1.82, 2.24) is 0 Å². The lowest BCUT2D eigenvalue weighted by Crippen LogP contribution is -2.31. The summed E-state index contributed by atoms with van der Waals surface area (Å²) in [6.45, 7) is 7.49. The summed E-state index contributed by atoms with van der Waals surface area (Å²) in [7, 11) is 0. The molecule has 17 heavy (non-hydrogen) atoms. The fraction of sp³-hybridized carbons (Fsp3) is 0.571. The van der Waals surface area contributed by atoms with Gasteiger partial charge in [-0.25, -0.2) is 0 Å². The number of aromatic hydroxyl groups is 1. The van der Waals surface area contributed by atoms with Gasteiger partial charge in [-0.05, 0) is 49.4 Å². The highest BCUT2D eigenvalue weighted by Gasteiger charge is 2.23. The third-order valence-electron chi connectivity index (χ3n) is 3.81. The van der Waals surface area contributed by atoms with Gasteiger partial charge in [0.2, 0.25) is 0 Å². The van der Waals surface area contributed by atoms with Gasteiger partial charge < -0.3 is 16.6 Å². The first-order valence-electron chi connectivity index (χ1n) is 6.20. The van der Waals surface area contributed by atoms with Crippen LogP contribution in [0.25, 0.3) is 0 Å². The first kappa shape index (κ1) is 14.0. The van der Waals surface area contributed by atoms with E-state index in [2.05, 4.69) is 13.8 Å². The molecule has 2 unspecified atom stereocenters. The molecule has 0 aliphatic carbocycles. The molecule has 96 valence electrons. The molecule has 0 amide bonds. The van der Waals surface area contributed by atoms with Crippen LogP contribution in [0.15, 0.2) is 18.2 Å². The molecule has 1 aromatic carbocycles. The molecule has 0 aromatic heterocycles. The third-order valence-corrected chi connectivity index (χ3v) is 3.81. The lowest BCUT2D eigenvalue weighted by atomic mass is 9.79. The maximum absolute atomic E-state index is 9.92. The summed E-state index contributed by atoms with van der Waals surface area (Å²) < 4.78 is 0. The van der Waals surface area contributed by atoms with Crippen LogP contribution in [0, 0.1) is 18.8 Å². The number of phenolic OH excluding ortho intramolecular Hbond substituents is 1. The second-order valence-electron chi connectivity index (χ2n) is 4.94. The van der Waals surface area contributed by atoms with Crippen LogP contribution in [0.2, 0.25) is 0 Å². The van der Waals surface area contributed by atoms with E-state index >= 15 is 0 Å². The van der Waals surface area contributed by atoms with Gasteiger partial charge >= 0.3 is 0 Å².